The van der Waals surface area contributed by atoms with Gasteiger partial charge in [-0.3, -0.25) is 9.59 Å². The fraction of sp³-hybridized carbons (Fsp3) is 0.400. The number of amides is 2. The first-order valence-corrected chi connectivity index (χ1v) is 8.89. The van der Waals surface area contributed by atoms with Crippen molar-refractivity contribution in [3.63, 3.8) is 0 Å². The van der Waals surface area contributed by atoms with Gasteiger partial charge in [-0.1, -0.05) is 38.5 Å². The smallest absolute Gasteiger partial charge is 0.255 e. The highest BCUT2D eigenvalue weighted by Crippen LogP contribution is 2.28. The molecule has 5 nitrogen and oxygen atoms in total. The van der Waals surface area contributed by atoms with Crippen LogP contribution in [0.25, 0.3) is 0 Å². The van der Waals surface area contributed by atoms with Crippen molar-refractivity contribution in [1.82, 2.24) is 14.8 Å². The van der Waals surface area contributed by atoms with Crippen LogP contribution in [0.2, 0.25) is 0 Å². The first-order valence-electron chi connectivity index (χ1n) is 8.89. The molecule has 0 radical (unpaired) electrons. The molecule has 0 bridgehead atoms. The van der Waals surface area contributed by atoms with Crippen molar-refractivity contribution in [1.29, 1.82) is 0 Å². The largest absolute Gasteiger partial charge is 0.353 e. The number of carbonyl (C=O) groups excluding carboxylic acids is 2. The van der Waals surface area contributed by atoms with Crippen LogP contribution in [0.15, 0.2) is 48.8 Å². The molecule has 132 valence electrons. The van der Waals surface area contributed by atoms with Crippen LogP contribution >= 0.6 is 0 Å². The van der Waals surface area contributed by atoms with Gasteiger partial charge >= 0.3 is 0 Å². The lowest BCUT2D eigenvalue weighted by atomic mass is 9.96. The van der Waals surface area contributed by atoms with E-state index in [4.69, 9.17) is 0 Å². The van der Waals surface area contributed by atoms with Gasteiger partial charge in [-0.25, -0.2) is 0 Å². The van der Waals surface area contributed by atoms with Crippen molar-refractivity contribution in [2.24, 2.45) is 5.92 Å². The number of hydrogen-bond acceptors (Lipinski definition) is 2. The van der Waals surface area contributed by atoms with E-state index in [2.05, 4.69) is 12.2 Å². The molecule has 0 unspecified atom stereocenters. The molecule has 1 N–H and O–H groups in total. The van der Waals surface area contributed by atoms with Crippen LogP contribution in [-0.4, -0.2) is 33.9 Å². The first kappa shape index (κ1) is 17.3. The minimum atomic E-state index is -0.436. The Morgan fingerprint density at radius 1 is 1.20 bits per heavy atom. The molecule has 0 fully saturated rings. The third-order valence-corrected chi connectivity index (χ3v) is 4.97. The Labute approximate surface area is 148 Å². The van der Waals surface area contributed by atoms with E-state index in [0.29, 0.717) is 13.1 Å². The summed E-state index contributed by atoms with van der Waals surface area (Å²) in [4.78, 5) is 27.3. The van der Waals surface area contributed by atoms with Crippen molar-refractivity contribution in [3.05, 3.63) is 59.9 Å². The van der Waals surface area contributed by atoms with E-state index in [-0.39, 0.29) is 17.7 Å². The number of hydrogen-bond donors (Lipinski definition) is 1. The monoisotopic (exact) mass is 339 g/mol. The SMILES string of the molecule is CC[C@H](C)[C@@H](C(=O)NCCn1cccc1)N1Cc2ccccc2C1=O. The Morgan fingerprint density at radius 2 is 1.92 bits per heavy atom. The molecule has 0 saturated carbocycles. The highest BCUT2D eigenvalue weighted by molar-refractivity contribution is 6.01. The van der Waals surface area contributed by atoms with Crippen LogP contribution in [0, 0.1) is 5.92 Å². The molecular weight excluding hydrogens is 314 g/mol. The van der Waals surface area contributed by atoms with Crippen molar-refractivity contribution in [2.75, 3.05) is 6.54 Å². The van der Waals surface area contributed by atoms with Crippen LogP contribution in [0.5, 0.6) is 0 Å². The summed E-state index contributed by atoms with van der Waals surface area (Å²) in [7, 11) is 0. The molecular formula is C20H25N3O2. The lowest BCUT2D eigenvalue weighted by Crippen LogP contribution is -2.51. The molecule has 5 heteroatoms. The maximum Gasteiger partial charge on any atom is 0.255 e. The second-order valence-corrected chi connectivity index (χ2v) is 6.63. The average molecular weight is 339 g/mol. The molecule has 2 heterocycles. The Balaban J connectivity index is 1.70. The summed E-state index contributed by atoms with van der Waals surface area (Å²) in [5, 5.41) is 3.01. The van der Waals surface area contributed by atoms with Gasteiger partial charge in [0.15, 0.2) is 0 Å². The van der Waals surface area contributed by atoms with Gasteiger partial charge in [0, 0.05) is 37.6 Å². The number of fused-ring (bicyclic) bond motifs is 1. The topological polar surface area (TPSA) is 54.3 Å². The maximum absolute atomic E-state index is 12.8. The summed E-state index contributed by atoms with van der Waals surface area (Å²) < 4.78 is 2.02. The summed E-state index contributed by atoms with van der Waals surface area (Å²) in [6.45, 7) is 5.87. The van der Waals surface area contributed by atoms with Gasteiger partial charge in [0.1, 0.15) is 6.04 Å². The van der Waals surface area contributed by atoms with E-state index in [1.165, 1.54) is 0 Å². The fourth-order valence-electron chi connectivity index (χ4n) is 3.36. The highest BCUT2D eigenvalue weighted by Gasteiger charge is 2.38. The Morgan fingerprint density at radius 3 is 2.60 bits per heavy atom. The van der Waals surface area contributed by atoms with E-state index >= 15 is 0 Å². The molecule has 3 rings (SSSR count). The molecule has 0 aliphatic carbocycles. The van der Waals surface area contributed by atoms with Crippen molar-refractivity contribution in [2.45, 2.75) is 39.4 Å². The molecule has 25 heavy (non-hydrogen) atoms. The van der Waals surface area contributed by atoms with Gasteiger partial charge in [-0.2, -0.15) is 0 Å². The summed E-state index contributed by atoms with van der Waals surface area (Å²) in [6.07, 6.45) is 4.79. The minimum absolute atomic E-state index is 0.0403. The van der Waals surface area contributed by atoms with Gasteiger partial charge in [0.05, 0.1) is 0 Å². The Bertz CT molecular complexity index is 739. The number of aromatic nitrogens is 1. The Kier molecular flexibility index (Phi) is 5.22. The molecule has 2 atom stereocenters. The minimum Gasteiger partial charge on any atom is -0.353 e. The third kappa shape index (κ3) is 3.60. The zero-order valence-corrected chi connectivity index (χ0v) is 14.8. The van der Waals surface area contributed by atoms with Crippen LogP contribution in [0.3, 0.4) is 0 Å². The molecule has 1 aromatic carbocycles. The van der Waals surface area contributed by atoms with Gasteiger partial charge < -0.3 is 14.8 Å². The van der Waals surface area contributed by atoms with E-state index < -0.39 is 6.04 Å². The predicted octanol–water partition coefficient (Wildman–Crippen LogP) is 2.68. The summed E-state index contributed by atoms with van der Waals surface area (Å²) >= 11 is 0. The number of nitrogens with one attached hydrogen (secondary N) is 1. The molecule has 2 aromatic rings. The van der Waals surface area contributed by atoms with Gasteiger partial charge in [0.25, 0.3) is 5.91 Å². The van der Waals surface area contributed by atoms with Crippen LogP contribution in [-0.2, 0) is 17.9 Å². The first-order chi connectivity index (χ1) is 12.1. The number of nitrogens with zero attached hydrogens (tertiary/aromatic N) is 2. The lowest BCUT2D eigenvalue weighted by Gasteiger charge is -2.31. The molecule has 2 amide bonds. The predicted molar refractivity (Wildman–Crippen MR) is 97.0 cm³/mol. The van der Waals surface area contributed by atoms with Gasteiger partial charge in [-0.05, 0) is 29.7 Å². The quantitative estimate of drug-likeness (QED) is 0.843. The zero-order valence-electron chi connectivity index (χ0n) is 14.8. The molecule has 1 aliphatic heterocycles. The standard InChI is InChI=1S/C20H25N3O2/c1-3-15(2)18(19(24)21-10-13-22-11-6-7-12-22)23-14-16-8-4-5-9-17(16)20(23)25/h4-9,11-12,15,18H,3,10,13-14H2,1-2H3,(H,21,24)/t15-,18-/m0/s1. The zero-order chi connectivity index (χ0) is 17.8. The second-order valence-electron chi connectivity index (χ2n) is 6.63. The molecule has 1 aromatic heterocycles. The normalized spacial score (nSPS) is 15.8. The Hall–Kier alpha value is -2.56. The maximum atomic E-state index is 12.8. The van der Waals surface area contributed by atoms with E-state index in [0.717, 1.165) is 24.1 Å². The van der Waals surface area contributed by atoms with Gasteiger partial charge in [-0.15, -0.1) is 0 Å². The van der Waals surface area contributed by atoms with E-state index in [1.54, 1.807) is 4.90 Å². The third-order valence-electron chi connectivity index (χ3n) is 4.97. The average Bonchev–Trinajstić information content (AvgIpc) is 3.24. The molecule has 1 aliphatic rings. The van der Waals surface area contributed by atoms with Gasteiger partial charge in [0.2, 0.25) is 5.91 Å². The van der Waals surface area contributed by atoms with Crippen LogP contribution in [0.1, 0.15) is 36.2 Å². The number of benzene rings is 1. The molecule has 0 spiro atoms. The highest BCUT2D eigenvalue weighted by atomic mass is 16.2. The summed E-state index contributed by atoms with van der Waals surface area (Å²) in [5.74, 6) is -0.00559. The van der Waals surface area contributed by atoms with Crippen molar-refractivity contribution >= 4 is 11.8 Å². The summed E-state index contributed by atoms with van der Waals surface area (Å²) in [6, 6.07) is 11.1. The van der Waals surface area contributed by atoms with E-state index in [1.807, 2.05) is 60.3 Å². The number of rotatable bonds is 7. The molecule has 0 saturated heterocycles. The van der Waals surface area contributed by atoms with Crippen LogP contribution in [0.4, 0.5) is 0 Å². The van der Waals surface area contributed by atoms with Crippen molar-refractivity contribution < 1.29 is 9.59 Å². The lowest BCUT2D eigenvalue weighted by molar-refractivity contribution is -0.127. The fourth-order valence-corrected chi connectivity index (χ4v) is 3.36. The summed E-state index contributed by atoms with van der Waals surface area (Å²) in [5.41, 5.74) is 1.72. The second kappa shape index (κ2) is 7.55. The van der Waals surface area contributed by atoms with Crippen molar-refractivity contribution in [3.8, 4) is 0 Å². The number of carbonyl (C=O) groups is 2. The van der Waals surface area contributed by atoms with E-state index in [9.17, 15) is 9.59 Å². The van der Waals surface area contributed by atoms with Crippen LogP contribution < -0.4 is 5.32 Å².